The number of pyridine rings is 1. The highest BCUT2D eigenvalue weighted by atomic mass is 32.1. The molecule has 2 heterocycles. The van der Waals surface area contributed by atoms with Gasteiger partial charge in [-0.1, -0.05) is 0 Å². The molecule has 2 aromatic heterocycles. The van der Waals surface area contributed by atoms with Gasteiger partial charge in [-0.3, -0.25) is 4.98 Å². The quantitative estimate of drug-likeness (QED) is 0.864. The zero-order valence-electron chi connectivity index (χ0n) is 8.49. The van der Waals surface area contributed by atoms with Crippen LogP contribution in [0.4, 0.5) is 5.69 Å². The lowest BCUT2D eigenvalue weighted by atomic mass is 10.2. The fourth-order valence-corrected chi connectivity index (χ4v) is 2.59. The van der Waals surface area contributed by atoms with Crippen LogP contribution in [-0.2, 0) is 11.2 Å². The molecular formula is C11H12N2OS. The van der Waals surface area contributed by atoms with Crippen LogP contribution in [0.25, 0.3) is 10.1 Å². The molecule has 0 atom stereocenters. The molecule has 0 bridgehead atoms. The Morgan fingerprint density at radius 2 is 2.40 bits per heavy atom. The fourth-order valence-electron chi connectivity index (χ4n) is 1.50. The normalized spacial score (nSPS) is 10.7. The number of nitrogen functional groups attached to an aromatic ring is 1. The minimum absolute atomic E-state index is 0.199. The van der Waals surface area contributed by atoms with Gasteiger partial charge in [0.1, 0.15) is 5.78 Å². The van der Waals surface area contributed by atoms with E-state index >= 15 is 0 Å². The summed E-state index contributed by atoms with van der Waals surface area (Å²) < 4.78 is 1.09. The van der Waals surface area contributed by atoms with Crippen molar-refractivity contribution in [2.75, 3.05) is 5.73 Å². The highest BCUT2D eigenvalue weighted by molar-refractivity contribution is 7.19. The Morgan fingerprint density at radius 3 is 3.07 bits per heavy atom. The summed E-state index contributed by atoms with van der Waals surface area (Å²) in [6.07, 6.45) is 4.85. The van der Waals surface area contributed by atoms with Gasteiger partial charge in [0.05, 0.1) is 10.4 Å². The predicted octanol–water partition coefficient (Wildman–Crippen LogP) is 2.40. The van der Waals surface area contributed by atoms with E-state index in [9.17, 15) is 4.79 Å². The average Bonchev–Trinajstić information content (AvgIpc) is 2.54. The molecule has 0 aliphatic carbocycles. The van der Waals surface area contributed by atoms with E-state index in [4.69, 9.17) is 5.73 Å². The van der Waals surface area contributed by atoms with Crippen molar-refractivity contribution in [3.63, 3.8) is 0 Å². The number of ketones is 1. The van der Waals surface area contributed by atoms with E-state index in [2.05, 4.69) is 4.98 Å². The number of thiophene rings is 1. The number of hydrogen-bond acceptors (Lipinski definition) is 4. The molecule has 78 valence electrons. The van der Waals surface area contributed by atoms with Crippen LogP contribution in [0.15, 0.2) is 18.5 Å². The maximum absolute atomic E-state index is 10.9. The summed E-state index contributed by atoms with van der Waals surface area (Å²) in [6.45, 7) is 1.60. The number of rotatable bonds is 3. The molecule has 0 saturated carbocycles. The number of Topliss-reactive ketones (excluding diaryl/α,β-unsaturated/α-hetero) is 1. The molecular weight excluding hydrogens is 208 g/mol. The molecule has 0 unspecified atom stereocenters. The highest BCUT2D eigenvalue weighted by Gasteiger charge is 2.09. The van der Waals surface area contributed by atoms with Crippen LogP contribution >= 0.6 is 11.3 Å². The molecule has 2 rings (SSSR count). The zero-order valence-corrected chi connectivity index (χ0v) is 9.30. The summed E-state index contributed by atoms with van der Waals surface area (Å²) in [5.74, 6) is 0.199. The maximum Gasteiger partial charge on any atom is 0.130 e. The molecule has 0 fully saturated rings. The van der Waals surface area contributed by atoms with Crippen molar-refractivity contribution in [1.29, 1.82) is 0 Å². The molecule has 2 N–H and O–H groups in total. The second kappa shape index (κ2) is 3.98. The number of fused-ring (bicyclic) bond motifs is 1. The Labute approximate surface area is 91.9 Å². The number of anilines is 1. The number of nitrogens with two attached hydrogens (primary N) is 1. The van der Waals surface area contributed by atoms with E-state index in [0.29, 0.717) is 6.42 Å². The minimum Gasteiger partial charge on any atom is -0.397 e. The minimum atomic E-state index is 0.199. The Bertz CT molecular complexity index is 504. The van der Waals surface area contributed by atoms with Crippen molar-refractivity contribution in [2.24, 2.45) is 0 Å². The van der Waals surface area contributed by atoms with Crippen LogP contribution in [0, 0.1) is 0 Å². The zero-order chi connectivity index (χ0) is 10.8. The summed E-state index contributed by atoms with van der Waals surface area (Å²) in [5, 5.41) is 1.05. The van der Waals surface area contributed by atoms with E-state index in [1.807, 2.05) is 12.3 Å². The molecule has 0 aliphatic heterocycles. The van der Waals surface area contributed by atoms with E-state index in [1.54, 1.807) is 24.5 Å². The SMILES string of the molecule is CC(=O)CCc1sc2cnccc2c1N. The summed E-state index contributed by atoms with van der Waals surface area (Å²) in [5.41, 5.74) is 6.80. The third kappa shape index (κ3) is 1.99. The number of aromatic nitrogens is 1. The molecule has 3 nitrogen and oxygen atoms in total. The lowest BCUT2D eigenvalue weighted by molar-refractivity contribution is -0.116. The fraction of sp³-hybridized carbons (Fsp3) is 0.273. The van der Waals surface area contributed by atoms with Gasteiger partial charge in [0.2, 0.25) is 0 Å². The van der Waals surface area contributed by atoms with Crippen LogP contribution in [0.1, 0.15) is 18.2 Å². The van der Waals surface area contributed by atoms with Crippen molar-refractivity contribution in [1.82, 2.24) is 4.98 Å². The van der Waals surface area contributed by atoms with Crippen LogP contribution in [0.2, 0.25) is 0 Å². The molecule has 0 aliphatic rings. The van der Waals surface area contributed by atoms with E-state index in [-0.39, 0.29) is 5.78 Å². The predicted molar refractivity (Wildman–Crippen MR) is 63.0 cm³/mol. The van der Waals surface area contributed by atoms with Gasteiger partial charge < -0.3 is 10.5 Å². The number of nitrogens with zero attached hydrogens (tertiary/aromatic N) is 1. The van der Waals surface area contributed by atoms with Crippen molar-refractivity contribution < 1.29 is 4.79 Å². The van der Waals surface area contributed by atoms with Crippen LogP contribution < -0.4 is 5.73 Å². The summed E-state index contributed by atoms with van der Waals surface area (Å²) in [4.78, 5) is 16.0. The summed E-state index contributed by atoms with van der Waals surface area (Å²) in [7, 11) is 0. The smallest absolute Gasteiger partial charge is 0.130 e. The highest BCUT2D eigenvalue weighted by Crippen LogP contribution is 2.33. The van der Waals surface area contributed by atoms with E-state index in [0.717, 1.165) is 27.1 Å². The largest absolute Gasteiger partial charge is 0.397 e. The number of carbonyl (C=O) groups is 1. The lowest BCUT2D eigenvalue weighted by Gasteiger charge is -1.96. The maximum atomic E-state index is 10.9. The second-order valence-electron chi connectivity index (χ2n) is 3.51. The molecule has 0 aromatic carbocycles. The van der Waals surface area contributed by atoms with Crippen molar-refractivity contribution in [3.05, 3.63) is 23.3 Å². The van der Waals surface area contributed by atoms with Crippen molar-refractivity contribution in [2.45, 2.75) is 19.8 Å². The monoisotopic (exact) mass is 220 g/mol. The van der Waals surface area contributed by atoms with Gasteiger partial charge in [0.25, 0.3) is 0 Å². The number of carbonyl (C=O) groups excluding carboxylic acids is 1. The van der Waals surface area contributed by atoms with Gasteiger partial charge in [-0.05, 0) is 19.4 Å². The van der Waals surface area contributed by atoms with Crippen molar-refractivity contribution in [3.8, 4) is 0 Å². The summed E-state index contributed by atoms with van der Waals surface area (Å²) >= 11 is 1.63. The Hall–Kier alpha value is -1.42. The molecule has 0 radical (unpaired) electrons. The first-order valence-corrected chi connectivity index (χ1v) is 5.60. The van der Waals surface area contributed by atoms with Gasteiger partial charge in [-0.15, -0.1) is 11.3 Å². The molecule has 0 amide bonds. The summed E-state index contributed by atoms with van der Waals surface area (Å²) in [6, 6.07) is 1.92. The van der Waals surface area contributed by atoms with Crippen molar-refractivity contribution >= 4 is 32.9 Å². The second-order valence-corrected chi connectivity index (χ2v) is 4.65. The molecule has 4 heteroatoms. The van der Waals surface area contributed by atoms with Gasteiger partial charge in [-0.25, -0.2) is 0 Å². The lowest BCUT2D eigenvalue weighted by Crippen LogP contribution is -1.95. The first-order chi connectivity index (χ1) is 7.18. The molecule has 0 saturated heterocycles. The van der Waals surface area contributed by atoms with Gasteiger partial charge in [0, 0.05) is 29.1 Å². The number of hydrogen-bond donors (Lipinski definition) is 1. The topological polar surface area (TPSA) is 56.0 Å². The van der Waals surface area contributed by atoms with Crippen LogP contribution in [-0.4, -0.2) is 10.8 Å². The first kappa shape index (κ1) is 10.1. The van der Waals surface area contributed by atoms with Gasteiger partial charge >= 0.3 is 0 Å². The third-order valence-electron chi connectivity index (χ3n) is 2.31. The standard InChI is InChI=1S/C11H12N2OS/c1-7(14)2-3-9-11(12)8-4-5-13-6-10(8)15-9/h4-6H,2-3,12H2,1H3. The Kier molecular flexibility index (Phi) is 2.68. The molecule has 0 spiro atoms. The Balaban J connectivity index is 2.36. The number of aryl methyl sites for hydroxylation is 1. The first-order valence-electron chi connectivity index (χ1n) is 4.79. The Morgan fingerprint density at radius 1 is 1.60 bits per heavy atom. The van der Waals surface area contributed by atoms with Crippen LogP contribution in [0.5, 0.6) is 0 Å². The molecule has 2 aromatic rings. The van der Waals surface area contributed by atoms with E-state index < -0.39 is 0 Å². The average molecular weight is 220 g/mol. The molecule has 15 heavy (non-hydrogen) atoms. The van der Waals surface area contributed by atoms with Gasteiger partial charge in [0.15, 0.2) is 0 Å². The van der Waals surface area contributed by atoms with Crippen LogP contribution in [0.3, 0.4) is 0 Å². The third-order valence-corrected chi connectivity index (χ3v) is 3.53. The van der Waals surface area contributed by atoms with Gasteiger partial charge in [-0.2, -0.15) is 0 Å². The van der Waals surface area contributed by atoms with E-state index in [1.165, 1.54) is 0 Å².